The Balaban J connectivity index is 2.46. The van der Waals surface area contributed by atoms with Gasteiger partial charge >= 0.3 is 0 Å². The molecule has 19 heavy (non-hydrogen) atoms. The second kappa shape index (κ2) is 5.24. The summed E-state index contributed by atoms with van der Waals surface area (Å²) in [6, 6.07) is 7.01. The molecular weight excluding hydrogens is 242 g/mol. The highest BCUT2D eigenvalue weighted by Crippen LogP contribution is 2.21. The molecule has 2 aromatic rings. The maximum atomic E-state index is 12.1. The van der Waals surface area contributed by atoms with E-state index in [-0.39, 0.29) is 12.5 Å². The van der Waals surface area contributed by atoms with Crippen LogP contribution in [0, 0.1) is 6.92 Å². The maximum absolute atomic E-state index is 12.1. The van der Waals surface area contributed by atoms with Gasteiger partial charge in [0.25, 0.3) is 5.91 Å². The highest BCUT2D eigenvalue weighted by atomic mass is 16.3. The molecule has 0 aliphatic heterocycles. The Morgan fingerprint density at radius 2 is 2.21 bits per heavy atom. The zero-order valence-corrected chi connectivity index (χ0v) is 11.0. The van der Waals surface area contributed by atoms with E-state index in [9.17, 15) is 9.90 Å². The van der Waals surface area contributed by atoms with E-state index in [1.807, 2.05) is 6.92 Å². The highest BCUT2D eigenvalue weighted by molar-refractivity contribution is 6.06. The first-order valence-electron chi connectivity index (χ1n) is 6.10. The third kappa shape index (κ3) is 3.00. The van der Waals surface area contributed by atoms with Crippen LogP contribution < -0.4 is 11.1 Å². The van der Waals surface area contributed by atoms with Crippen molar-refractivity contribution in [1.82, 2.24) is 10.3 Å². The van der Waals surface area contributed by atoms with Gasteiger partial charge in [0.2, 0.25) is 0 Å². The predicted octanol–water partition coefficient (Wildman–Crippen LogP) is 1.24. The van der Waals surface area contributed by atoms with Gasteiger partial charge in [-0.2, -0.15) is 0 Å². The van der Waals surface area contributed by atoms with Crippen molar-refractivity contribution in [3.63, 3.8) is 0 Å². The average Bonchev–Trinajstić information content (AvgIpc) is 2.35. The van der Waals surface area contributed by atoms with Crippen molar-refractivity contribution >= 4 is 22.5 Å². The third-order valence-electron chi connectivity index (χ3n) is 2.76. The van der Waals surface area contributed by atoms with Gasteiger partial charge in [-0.05, 0) is 38.1 Å². The van der Waals surface area contributed by atoms with E-state index in [0.29, 0.717) is 16.6 Å². The number of hydrogen-bond acceptors (Lipinski definition) is 4. The number of fused-ring (bicyclic) bond motifs is 1. The van der Waals surface area contributed by atoms with Gasteiger partial charge in [-0.25, -0.2) is 0 Å². The molecule has 0 aliphatic carbocycles. The third-order valence-corrected chi connectivity index (χ3v) is 2.76. The quantitative estimate of drug-likeness (QED) is 0.723. The Morgan fingerprint density at radius 1 is 1.47 bits per heavy atom. The number of anilines is 1. The molecule has 1 atom stereocenters. The fraction of sp³-hybridized carbons (Fsp3) is 0.286. The summed E-state index contributed by atoms with van der Waals surface area (Å²) in [6.45, 7) is 3.67. The molecule has 1 aromatic carbocycles. The van der Waals surface area contributed by atoms with E-state index >= 15 is 0 Å². The fourth-order valence-electron chi connectivity index (χ4n) is 1.90. The summed E-state index contributed by atoms with van der Waals surface area (Å²) in [7, 11) is 0. The molecule has 0 fully saturated rings. The molecule has 5 nitrogen and oxygen atoms in total. The van der Waals surface area contributed by atoms with Crippen molar-refractivity contribution in [2.45, 2.75) is 20.0 Å². The number of nitrogens with one attached hydrogen (secondary N) is 1. The van der Waals surface area contributed by atoms with Gasteiger partial charge < -0.3 is 16.2 Å². The van der Waals surface area contributed by atoms with Crippen LogP contribution in [0.2, 0.25) is 0 Å². The summed E-state index contributed by atoms with van der Waals surface area (Å²) in [5, 5.41) is 12.6. The minimum Gasteiger partial charge on any atom is -0.399 e. The predicted molar refractivity (Wildman–Crippen MR) is 74.9 cm³/mol. The number of rotatable bonds is 3. The van der Waals surface area contributed by atoms with Crippen LogP contribution in [0.1, 0.15) is 23.0 Å². The monoisotopic (exact) mass is 259 g/mol. The van der Waals surface area contributed by atoms with Crippen molar-refractivity contribution in [1.29, 1.82) is 0 Å². The largest absolute Gasteiger partial charge is 0.399 e. The molecule has 100 valence electrons. The smallest absolute Gasteiger partial charge is 0.252 e. The van der Waals surface area contributed by atoms with Crippen LogP contribution in [0.5, 0.6) is 0 Å². The summed E-state index contributed by atoms with van der Waals surface area (Å²) >= 11 is 0. The molecule has 0 saturated heterocycles. The standard InChI is InChI=1S/C14H17N3O2/c1-8-5-12(14(19)16-7-9(2)18)11-6-10(15)3-4-13(11)17-8/h3-6,9,18H,7,15H2,1-2H3,(H,16,19). The lowest BCUT2D eigenvalue weighted by Crippen LogP contribution is -2.30. The van der Waals surface area contributed by atoms with Crippen molar-refractivity contribution in [3.05, 3.63) is 35.5 Å². The average molecular weight is 259 g/mol. The summed E-state index contributed by atoms with van der Waals surface area (Å²) in [6.07, 6.45) is -0.580. The number of carbonyl (C=O) groups is 1. The lowest BCUT2D eigenvalue weighted by atomic mass is 10.1. The number of benzene rings is 1. The zero-order chi connectivity index (χ0) is 14.0. The molecule has 1 aromatic heterocycles. The number of nitrogens with zero attached hydrogens (tertiary/aromatic N) is 1. The number of amides is 1. The number of aryl methyl sites for hydroxylation is 1. The molecule has 4 N–H and O–H groups in total. The van der Waals surface area contributed by atoms with Crippen LogP contribution in [0.15, 0.2) is 24.3 Å². The lowest BCUT2D eigenvalue weighted by molar-refractivity contribution is 0.0925. The Labute approximate surface area is 111 Å². The van der Waals surface area contributed by atoms with Gasteiger partial charge in [0, 0.05) is 23.3 Å². The van der Waals surface area contributed by atoms with Crippen LogP contribution in [-0.4, -0.2) is 28.6 Å². The Bertz CT molecular complexity index is 623. The molecule has 2 rings (SSSR count). The summed E-state index contributed by atoms with van der Waals surface area (Å²) < 4.78 is 0. The normalized spacial score (nSPS) is 12.4. The molecule has 0 bridgehead atoms. The first kappa shape index (κ1) is 13.3. The molecule has 0 spiro atoms. The second-order valence-electron chi connectivity index (χ2n) is 4.65. The number of nitrogens with two attached hydrogens (primary N) is 1. The number of aromatic nitrogens is 1. The minimum atomic E-state index is -0.580. The maximum Gasteiger partial charge on any atom is 0.252 e. The number of nitrogen functional groups attached to an aromatic ring is 1. The first-order valence-corrected chi connectivity index (χ1v) is 6.10. The highest BCUT2D eigenvalue weighted by Gasteiger charge is 2.12. The molecule has 1 heterocycles. The van der Waals surface area contributed by atoms with Crippen molar-refractivity contribution in [2.75, 3.05) is 12.3 Å². The van der Waals surface area contributed by atoms with Gasteiger partial charge in [-0.15, -0.1) is 0 Å². The summed E-state index contributed by atoms with van der Waals surface area (Å²) in [5.41, 5.74) is 8.36. The summed E-state index contributed by atoms with van der Waals surface area (Å²) in [5.74, 6) is -0.234. The molecule has 1 unspecified atom stereocenters. The topological polar surface area (TPSA) is 88.2 Å². The van der Waals surface area contributed by atoms with E-state index < -0.39 is 6.10 Å². The molecule has 0 saturated carbocycles. The fourth-order valence-corrected chi connectivity index (χ4v) is 1.90. The Hall–Kier alpha value is -2.14. The zero-order valence-electron chi connectivity index (χ0n) is 11.0. The molecule has 1 amide bonds. The van der Waals surface area contributed by atoms with Gasteiger partial charge in [-0.3, -0.25) is 9.78 Å². The van der Waals surface area contributed by atoms with E-state index in [2.05, 4.69) is 10.3 Å². The van der Waals surface area contributed by atoms with Gasteiger partial charge in [0.05, 0.1) is 17.2 Å². The van der Waals surface area contributed by atoms with Crippen LogP contribution in [-0.2, 0) is 0 Å². The first-order chi connectivity index (χ1) is 8.97. The van der Waals surface area contributed by atoms with Crippen LogP contribution in [0.25, 0.3) is 10.9 Å². The molecule has 0 aliphatic rings. The SMILES string of the molecule is Cc1cc(C(=O)NCC(C)O)c2cc(N)ccc2n1. The number of hydrogen-bond donors (Lipinski definition) is 3. The summed E-state index contributed by atoms with van der Waals surface area (Å²) in [4.78, 5) is 16.5. The van der Waals surface area contributed by atoms with Gasteiger partial charge in [-0.1, -0.05) is 0 Å². The van der Waals surface area contributed by atoms with Gasteiger partial charge in [0.1, 0.15) is 0 Å². The van der Waals surface area contributed by atoms with Crippen LogP contribution >= 0.6 is 0 Å². The number of pyridine rings is 1. The van der Waals surface area contributed by atoms with E-state index in [0.717, 1.165) is 11.2 Å². The van der Waals surface area contributed by atoms with Crippen molar-refractivity contribution < 1.29 is 9.90 Å². The number of aliphatic hydroxyl groups excluding tert-OH is 1. The van der Waals surface area contributed by atoms with E-state index in [1.54, 1.807) is 31.2 Å². The second-order valence-corrected chi connectivity index (χ2v) is 4.65. The van der Waals surface area contributed by atoms with Crippen LogP contribution in [0.3, 0.4) is 0 Å². The lowest BCUT2D eigenvalue weighted by Gasteiger charge is -2.10. The molecule has 0 radical (unpaired) electrons. The number of aliphatic hydroxyl groups is 1. The Kier molecular flexibility index (Phi) is 3.66. The molecular formula is C14H17N3O2. The minimum absolute atomic E-state index is 0.212. The number of carbonyl (C=O) groups excluding carboxylic acids is 1. The molecule has 5 heteroatoms. The van der Waals surface area contributed by atoms with E-state index in [4.69, 9.17) is 5.73 Å². The van der Waals surface area contributed by atoms with E-state index in [1.165, 1.54) is 0 Å². The van der Waals surface area contributed by atoms with Crippen LogP contribution in [0.4, 0.5) is 5.69 Å². The van der Waals surface area contributed by atoms with Crippen molar-refractivity contribution in [2.24, 2.45) is 0 Å². The Morgan fingerprint density at radius 3 is 2.89 bits per heavy atom. The van der Waals surface area contributed by atoms with Crippen molar-refractivity contribution in [3.8, 4) is 0 Å². The van der Waals surface area contributed by atoms with Gasteiger partial charge in [0.15, 0.2) is 0 Å².